The van der Waals surface area contributed by atoms with E-state index in [4.69, 9.17) is 23.4 Å². The van der Waals surface area contributed by atoms with Gasteiger partial charge < -0.3 is 59.1 Å². The van der Waals surface area contributed by atoms with Gasteiger partial charge in [-0.3, -0.25) is 0 Å². The molecule has 1 aromatic heterocycles. The fourth-order valence-corrected chi connectivity index (χ4v) is 4.45. The van der Waals surface area contributed by atoms with Crippen molar-refractivity contribution in [2.75, 3.05) is 13.2 Å². The van der Waals surface area contributed by atoms with Crippen molar-refractivity contribution in [3.8, 4) is 5.75 Å². The number of fused-ring (bicyclic) bond motifs is 1. The summed E-state index contributed by atoms with van der Waals surface area (Å²) in [4.78, 5) is 11.9. The van der Waals surface area contributed by atoms with Crippen LogP contribution < -0.4 is 10.4 Å². The van der Waals surface area contributed by atoms with Gasteiger partial charge in [-0.25, -0.2) is 4.79 Å². The monoisotopic (exact) mass is 554 g/mol. The molecule has 2 fully saturated rings. The first kappa shape index (κ1) is 29.6. The largest absolute Gasteiger partial charge is 0.462 e. The number of allylic oxidation sites excluding steroid dienone is 2. The number of aliphatic hydroxyl groups is 7. The highest BCUT2D eigenvalue weighted by Crippen LogP contribution is 2.32. The van der Waals surface area contributed by atoms with E-state index in [0.29, 0.717) is 17.4 Å². The molecule has 216 valence electrons. The summed E-state index contributed by atoms with van der Waals surface area (Å²) in [5.74, 6) is 0.204. The van der Waals surface area contributed by atoms with E-state index in [0.717, 1.165) is 5.57 Å². The van der Waals surface area contributed by atoms with E-state index in [2.05, 4.69) is 0 Å². The average molecular weight is 555 g/mol. The Labute approximate surface area is 223 Å². The summed E-state index contributed by atoms with van der Waals surface area (Å²) < 4.78 is 27.8. The molecule has 0 amide bonds. The van der Waals surface area contributed by atoms with Crippen LogP contribution in [-0.4, -0.2) is 110 Å². The molecule has 39 heavy (non-hydrogen) atoms. The number of ether oxygens (including phenoxy) is 4. The van der Waals surface area contributed by atoms with Crippen molar-refractivity contribution in [1.29, 1.82) is 0 Å². The average Bonchev–Trinajstić information content (AvgIpc) is 2.91. The molecule has 3 heterocycles. The maximum absolute atomic E-state index is 11.9. The summed E-state index contributed by atoms with van der Waals surface area (Å²) in [5.41, 5.74) is 1.22. The van der Waals surface area contributed by atoms with Gasteiger partial charge in [0.25, 0.3) is 0 Å². The highest BCUT2D eigenvalue weighted by Gasteiger charge is 2.48. The first-order chi connectivity index (χ1) is 18.5. The van der Waals surface area contributed by atoms with Crippen LogP contribution in [0.2, 0.25) is 0 Å². The molecule has 0 aliphatic carbocycles. The number of rotatable bonds is 8. The van der Waals surface area contributed by atoms with E-state index in [1.807, 2.05) is 19.9 Å². The van der Waals surface area contributed by atoms with Gasteiger partial charge in [0.15, 0.2) is 6.29 Å². The van der Waals surface area contributed by atoms with E-state index in [1.165, 1.54) is 6.07 Å². The van der Waals surface area contributed by atoms with E-state index in [1.54, 1.807) is 18.2 Å². The summed E-state index contributed by atoms with van der Waals surface area (Å²) in [5, 5.41) is 71.7. The van der Waals surface area contributed by atoms with Crippen LogP contribution in [0.15, 0.2) is 45.1 Å². The third kappa shape index (κ3) is 6.33. The smallest absolute Gasteiger partial charge is 0.336 e. The van der Waals surface area contributed by atoms with Gasteiger partial charge in [-0.05, 0) is 38.5 Å². The van der Waals surface area contributed by atoms with Crippen LogP contribution in [0.3, 0.4) is 0 Å². The highest BCUT2D eigenvalue weighted by molar-refractivity contribution is 5.82. The standard InChI is InChI=1S/C26H34O13/c1-11(2)3-6-13-14(7-4-12-5-8-17(28)39-24(12)13)36-26-23(34)21(32)19(30)16(38-26)10-35-25-22(33)20(31)18(29)15(9-27)37-25/h3-5,7-8,15-16,18-23,25-27,29-34H,6,9-10H2,1-2H3/t15-,16-,18+,19+,20-,21-,22-,23-,25+,26+/m1/s1. The Kier molecular flexibility index (Phi) is 9.39. The molecule has 13 heteroatoms. The maximum Gasteiger partial charge on any atom is 0.336 e. The molecule has 4 rings (SSSR count). The molecule has 0 spiro atoms. The Morgan fingerprint density at radius 2 is 1.46 bits per heavy atom. The molecule has 0 radical (unpaired) electrons. The molecule has 0 saturated carbocycles. The molecular weight excluding hydrogens is 520 g/mol. The van der Waals surface area contributed by atoms with Gasteiger partial charge in [-0.2, -0.15) is 0 Å². The zero-order chi connectivity index (χ0) is 28.4. The summed E-state index contributed by atoms with van der Waals surface area (Å²) in [6.07, 6.45) is -13.3. The Bertz CT molecular complexity index is 1210. The minimum Gasteiger partial charge on any atom is -0.462 e. The second-order valence-electron chi connectivity index (χ2n) is 9.86. The minimum absolute atomic E-state index is 0.204. The maximum atomic E-state index is 11.9. The van der Waals surface area contributed by atoms with Crippen LogP contribution in [0, 0.1) is 0 Å². The van der Waals surface area contributed by atoms with Gasteiger partial charge in [0.1, 0.15) is 60.2 Å². The molecular formula is C26H34O13. The number of benzene rings is 1. The fourth-order valence-electron chi connectivity index (χ4n) is 4.45. The zero-order valence-corrected chi connectivity index (χ0v) is 21.4. The van der Waals surface area contributed by atoms with Crippen molar-refractivity contribution in [1.82, 2.24) is 0 Å². The molecule has 0 unspecified atom stereocenters. The lowest BCUT2D eigenvalue weighted by atomic mass is 9.98. The third-order valence-corrected chi connectivity index (χ3v) is 6.75. The normalized spacial score (nSPS) is 35.1. The second kappa shape index (κ2) is 12.4. The van der Waals surface area contributed by atoms with Crippen molar-refractivity contribution < 1.29 is 59.1 Å². The van der Waals surface area contributed by atoms with Crippen LogP contribution in [0.1, 0.15) is 19.4 Å². The summed E-state index contributed by atoms with van der Waals surface area (Å²) in [6, 6.07) is 6.15. The first-order valence-electron chi connectivity index (χ1n) is 12.5. The first-order valence-corrected chi connectivity index (χ1v) is 12.5. The van der Waals surface area contributed by atoms with Crippen molar-refractivity contribution >= 4 is 11.0 Å². The van der Waals surface area contributed by atoms with Gasteiger partial charge >= 0.3 is 5.63 Å². The van der Waals surface area contributed by atoms with Gasteiger partial charge in [-0.1, -0.05) is 11.6 Å². The lowest BCUT2D eigenvalue weighted by Crippen LogP contribution is -2.62. The molecule has 1 aromatic carbocycles. The molecule has 2 aliphatic heterocycles. The second-order valence-corrected chi connectivity index (χ2v) is 9.86. The lowest BCUT2D eigenvalue weighted by molar-refractivity contribution is -0.323. The molecule has 7 N–H and O–H groups in total. The van der Waals surface area contributed by atoms with E-state index in [-0.39, 0.29) is 11.3 Å². The van der Waals surface area contributed by atoms with Crippen LogP contribution in [0.4, 0.5) is 0 Å². The molecule has 0 bridgehead atoms. The molecule has 10 atom stereocenters. The fraction of sp³-hybridized carbons (Fsp3) is 0.577. The molecule has 2 aromatic rings. The summed E-state index contributed by atoms with van der Waals surface area (Å²) in [6.45, 7) is 2.64. The van der Waals surface area contributed by atoms with Crippen LogP contribution in [0.5, 0.6) is 5.75 Å². The SMILES string of the molecule is CC(C)=CCc1c(O[C@H]2O[C@H](CO[C@H]3O[C@H](CO)[C@H](O)[C@@H](O)[C@H]3O)[C@H](O)[C@@H](O)[C@H]2O)ccc2ccc(=O)oc12. The predicted molar refractivity (Wildman–Crippen MR) is 133 cm³/mol. The topological polar surface area (TPSA) is 209 Å². The number of aliphatic hydroxyl groups excluding tert-OH is 7. The molecule has 13 nitrogen and oxygen atoms in total. The third-order valence-electron chi connectivity index (χ3n) is 6.75. The predicted octanol–water partition coefficient (Wildman–Crippen LogP) is -1.70. The number of hydrogen-bond donors (Lipinski definition) is 7. The highest BCUT2D eigenvalue weighted by atomic mass is 16.7. The lowest BCUT2D eigenvalue weighted by Gasteiger charge is -2.42. The van der Waals surface area contributed by atoms with Crippen molar-refractivity contribution in [3.05, 3.63) is 51.9 Å². The van der Waals surface area contributed by atoms with Gasteiger partial charge in [0.2, 0.25) is 6.29 Å². The van der Waals surface area contributed by atoms with Crippen LogP contribution >= 0.6 is 0 Å². The zero-order valence-electron chi connectivity index (χ0n) is 21.4. The Hall–Kier alpha value is -2.43. The van der Waals surface area contributed by atoms with Gasteiger partial charge in [-0.15, -0.1) is 0 Å². The Balaban J connectivity index is 1.54. The Morgan fingerprint density at radius 1 is 0.846 bits per heavy atom. The summed E-state index contributed by atoms with van der Waals surface area (Å²) >= 11 is 0. The van der Waals surface area contributed by atoms with E-state index < -0.39 is 80.3 Å². The minimum atomic E-state index is -1.72. The Morgan fingerprint density at radius 3 is 2.13 bits per heavy atom. The van der Waals surface area contributed by atoms with Gasteiger partial charge in [0.05, 0.1) is 13.2 Å². The van der Waals surface area contributed by atoms with E-state index >= 15 is 0 Å². The van der Waals surface area contributed by atoms with Crippen LogP contribution in [0.25, 0.3) is 11.0 Å². The van der Waals surface area contributed by atoms with Crippen molar-refractivity contribution in [2.24, 2.45) is 0 Å². The van der Waals surface area contributed by atoms with Crippen LogP contribution in [-0.2, 0) is 20.6 Å². The molecule has 2 aliphatic rings. The number of hydrogen-bond acceptors (Lipinski definition) is 13. The molecule has 2 saturated heterocycles. The summed E-state index contributed by atoms with van der Waals surface area (Å²) in [7, 11) is 0. The van der Waals surface area contributed by atoms with E-state index in [9.17, 15) is 40.5 Å². The van der Waals surface area contributed by atoms with Gasteiger partial charge in [0, 0.05) is 17.0 Å². The van der Waals surface area contributed by atoms with Crippen molar-refractivity contribution in [3.63, 3.8) is 0 Å². The van der Waals surface area contributed by atoms with Crippen molar-refractivity contribution in [2.45, 2.75) is 81.7 Å². The quantitative estimate of drug-likeness (QED) is 0.144.